The van der Waals surface area contributed by atoms with Gasteiger partial charge in [0.2, 0.25) is 11.8 Å². The van der Waals surface area contributed by atoms with Gasteiger partial charge in [-0.15, -0.1) is 0 Å². The van der Waals surface area contributed by atoms with E-state index in [0.29, 0.717) is 56.9 Å². The quantitative estimate of drug-likeness (QED) is 0.176. The zero-order chi connectivity index (χ0) is 31.0. The summed E-state index contributed by atoms with van der Waals surface area (Å²) in [5.41, 5.74) is 2.02. The number of imide groups is 1. The highest BCUT2D eigenvalue weighted by atomic mass is 16.6. The molecule has 234 valence electrons. The summed E-state index contributed by atoms with van der Waals surface area (Å²) in [7, 11) is 0. The van der Waals surface area contributed by atoms with Crippen molar-refractivity contribution in [2.24, 2.45) is 17.8 Å². The highest BCUT2D eigenvalue weighted by molar-refractivity contribution is 6.01. The van der Waals surface area contributed by atoms with Crippen LogP contribution in [0.4, 0.5) is 4.79 Å². The molecule has 2 atom stereocenters. The molecule has 8 nitrogen and oxygen atoms in total. The van der Waals surface area contributed by atoms with Crippen LogP contribution >= 0.6 is 0 Å². The summed E-state index contributed by atoms with van der Waals surface area (Å²) in [6, 6.07) is 5.90. The zero-order valence-electron chi connectivity index (χ0n) is 26.3. The Hall–Kier alpha value is -3.18. The van der Waals surface area contributed by atoms with E-state index in [4.69, 9.17) is 9.47 Å². The molecule has 1 heterocycles. The number of ketones is 1. The second-order valence-corrected chi connectivity index (χ2v) is 13.4. The Bertz CT molecular complexity index is 1230. The molecule has 2 aliphatic carbocycles. The van der Waals surface area contributed by atoms with Crippen LogP contribution in [-0.2, 0) is 25.5 Å². The minimum absolute atomic E-state index is 0.0751. The topological polar surface area (TPSA) is 102 Å². The fourth-order valence-electron chi connectivity index (χ4n) is 6.46. The maximum atomic E-state index is 13.5. The number of piperidine rings is 1. The number of hydrogen-bond acceptors (Lipinski definition) is 6. The van der Waals surface area contributed by atoms with Crippen molar-refractivity contribution >= 4 is 23.7 Å². The monoisotopic (exact) mass is 592 g/mol. The molecule has 0 spiro atoms. The summed E-state index contributed by atoms with van der Waals surface area (Å²) in [6.07, 6.45) is 8.18. The van der Waals surface area contributed by atoms with Crippen LogP contribution in [0, 0.1) is 29.6 Å². The van der Waals surface area contributed by atoms with E-state index < -0.39 is 5.60 Å². The third kappa shape index (κ3) is 9.40. The van der Waals surface area contributed by atoms with Crippen molar-refractivity contribution in [2.45, 2.75) is 110 Å². The van der Waals surface area contributed by atoms with Crippen LogP contribution in [0.3, 0.4) is 0 Å². The number of carbonyl (C=O) groups is 4. The van der Waals surface area contributed by atoms with E-state index in [1.54, 1.807) is 0 Å². The molecule has 2 fully saturated rings. The number of carbonyl (C=O) groups excluding carboxylic acids is 4. The van der Waals surface area contributed by atoms with Crippen molar-refractivity contribution in [1.82, 2.24) is 10.2 Å². The molecule has 8 heteroatoms. The standard InChI is InChI=1S/C35H48N2O6/c1-24-14-17-28(18-15-24)37(34(41)43-35(2,3)4)20-22-42-21-6-5-9-25-10-7-13-30-29(25)12-8-11-26(32(30)39)23-27-16-19-31(38)36-33(27)40/h7,10,13,24,26-28H,6,8,11-12,14-23H2,1-4H3,(H,36,38,40). The molecule has 3 amide bonds. The number of nitrogens with one attached hydrogen (secondary N) is 1. The number of rotatable bonds is 8. The number of Topliss-reactive ketones (excluding diaryl/α,β-unsaturated/α-hetero) is 1. The van der Waals surface area contributed by atoms with Crippen molar-refractivity contribution in [1.29, 1.82) is 0 Å². The van der Waals surface area contributed by atoms with Crippen molar-refractivity contribution in [3.8, 4) is 11.8 Å². The van der Waals surface area contributed by atoms with Crippen LogP contribution in [0.2, 0.25) is 0 Å². The number of hydrogen-bond donors (Lipinski definition) is 1. The number of fused-ring (bicyclic) bond motifs is 1. The zero-order valence-corrected chi connectivity index (χ0v) is 26.3. The van der Waals surface area contributed by atoms with Gasteiger partial charge in [-0.1, -0.05) is 30.9 Å². The first-order valence-corrected chi connectivity index (χ1v) is 16.1. The number of amides is 3. The lowest BCUT2D eigenvalue weighted by Gasteiger charge is -2.37. The summed E-state index contributed by atoms with van der Waals surface area (Å²) < 4.78 is 11.6. The number of benzene rings is 1. The lowest BCUT2D eigenvalue weighted by molar-refractivity contribution is -0.136. The number of nitrogens with zero attached hydrogens (tertiary/aromatic N) is 1. The first kappa shape index (κ1) is 32.7. The van der Waals surface area contributed by atoms with Crippen molar-refractivity contribution in [3.63, 3.8) is 0 Å². The lowest BCUT2D eigenvalue weighted by atomic mass is 9.83. The molecule has 1 saturated heterocycles. The average Bonchev–Trinajstić information content (AvgIpc) is 3.10. The first-order chi connectivity index (χ1) is 20.5. The summed E-state index contributed by atoms with van der Waals surface area (Å²) in [5, 5.41) is 2.41. The van der Waals surface area contributed by atoms with Gasteiger partial charge >= 0.3 is 6.09 Å². The number of ether oxygens (including phenoxy) is 2. The third-order valence-electron chi connectivity index (χ3n) is 8.84. The van der Waals surface area contributed by atoms with Crippen LogP contribution in [0.25, 0.3) is 0 Å². The predicted molar refractivity (Wildman–Crippen MR) is 164 cm³/mol. The molecule has 0 aromatic heterocycles. The largest absolute Gasteiger partial charge is 0.444 e. The molecule has 1 aliphatic heterocycles. The van der Waals surface area contributed by atoms with E-state index in [0.717, 1.165) is 56.1 Å². The lowest BCUT2D eigenvalue weighted by Crippen LogP contribution is -2.46. The van der Waals surface area contributed by atoms with Crippen molar-refractivity contribution in [3.05, 3.63) is 34.9 Å². The van der Waals surface area contributed by atoms with Crippen LogP contribution in [-0.4, -0.2) is 60.0 Å². The maximum Gasteiger partial charge on any atom is 0.410 e. The van der Waals surface area contributed by atoms with Gasteiger partial charge in [0.25, 0.3) is 0 Å². The normalized spacial score (nSPS) is 24.2. The Labute approximate surface area is 256 Å². The third-order valence-corrected chi connectivity index (χ3v) is 8.84. The Morgan fingerprint density at radius 3 is 2.49 bits per heavy atom. The Balaban J connectivity index is 1.29. The first-order valence-electron chi connectivity index (χ1n) is 16.1. The van der Waals surface area contributed by atoms with Crippen molar-refractivity contribution in [2.75, 3.05) is 19.8 Å². The molecule has 0 bridgehead atoms. The van der Waals surface area contributed by atoms with E-state index >= 15 is 0 Å². The molecular weight excluding hydrogens is 544 g/mol. The van der Waals surface area contributed by atoms with Gasteiger partial charge < -0.3 is 14.4 Å². The van der Waals surface area contributed by atoms with Crippen molar-refractivity contribution < 1.29 is 28.7 Å². The molecule has 1 saturated carbocycles. The van der Waals surface area contributed by atoms with Crippen LogP contribution in [0.5, 0.6) is 0 Å². The average molecular weight is 593 g/mol. The van der Waals surface area contributed by atoms with Crippen LogP contribution < -0.4 is 5.32 Å². The minimum Gasteiger partial charge on any atom is -0.444 e. The van der Waals surface area contributed by atoms with E-state index in [-0.39, 0.29) is 41.6 Å². The smallest absolute Gasteiger partial charge is 0.410 e. The Kier molecular flexibility index (Phi) is 11.4. The van der Waals surface area contributed by atoms with Gasteiger partial charge in [-0.25, -0.2) is 4.79 Å². The van der Waals surface area contributed by atoms with Gasteiger partial charge in [0.05, 0.1) is 13.2 Å². The Morgan fingerprint density at radius 1 is 1.00 bits per heavy atom. The van der Waals surface area contributed by atoms with E-state index in [9.17, 15) is 19.2 Å². The fraction of sp³-hybridized carbons (Fsp3) is 0.657. The molecule has 1 aromatic rings. The Morgan fingerprint density at radius 2 is 1.77 bits per heavy atom. The molecule has 3 aliphatic rings. The molecule has 2 unspecified atom stereocenters. The molecule has 4 rings (SSSR count). The van der Waals surface area contributed by atoms with Gasteiger partial charge in [0, 0.05) is 48.4 Å². The van der Waals surface area contributed by atoms with E-state index in [1.165, 1.54) is 0 Å². The highest BCUT2D eigenvalue weighted by Crippen LogP contribution is 2.32. The summed E-state index contributed by atoms with van der Waals surface area (Å²) in [5.74, 6) is 6.24. The maximum absolute atomic E-state index is 13.5. The molecular formula is C35H48N2O6. The molecule has 0 radical (unpaired) electrons. The van der Waals surface area contributed by atoms with E-state index in [1.807, 2.05) is 43.9 Å². The second-order valence-electron chi connectivity index (χ2n) is 13.4. The summed E-state index contributed by atoms with van der Waals surface area (Å²) in [6.45, 7) is 9.32. The highest BCUT2D eigenvalue weighted by Gasteiger charge is 2.34. The molecule has 1 N–H and O–H groups in total. The van der Waals surface area contributed by atoms with Crippen LogP contribution in [0.1, 0.15) is 113 Å². The minimum atomic E-state index is -0.539. The summed E-state index contributed by atoms with van der Waals surface area (Å²) >= 11 is 0. The molecule has 43 heavy (non-hydrogen) atoms. The van der Waals surface area contributed by atoms with Gasteiger partial charge in [-0.3, -0.25) is 19.7 Å². The molecule has 1 aromatic carbocycles. The fourth-order valence-corrected chi connectivity index (χ4v) is 6.46. The SMILES string of the molecule is CC1CCC(N(CCOCCC#Cc2cccc3c2CCCC(CC2CCC(=O)NC2=O)C3=O)C(=O)OC(C)(C)C)CC1. The second kappa shape index (κ2) is 15.0. The van der Waals surface area contributed by atoms with Crippen LogP contribution in [0.15, 0.2) is 18.2 Å². The predicted octanol–water partition coefficient (Wildman–Crippen LogP) is 5.84. The van der Waals surface area contributed by atoms with Gasteiger partial charge in [0.15, 0.2) is 5.78 Å². The summed E-state index contributed by atoms with van der Waals surface area (Å²) in [4.78, 5) is 52.1. The van der Waals surface area contributed by atoms with Gasteiger partial charge in [-0.2, -0.15) is 0 Å². The van der Waals surface area contributed by atoms with E-state index in [2.05, 4.69) is 24.1 Å². The van der Waals surface area contributed by atoms with Gasteiger partial charge in [-0.05, 0) is 96.1 Å². The van der Waals surface area contributed by atoms with Gasteiger partial charge in [0.1, 0.15) is 5.60 Å².